The minimum Gasteiger partial charge on any atom is -0.378 e. The molecule has 1 aliphatic carbocycles. The van der Waals surface area contributed by atoms with Crippen molar-refractivity contribution in [2.75, 3.05) is 13.2 Å². The Hall–Kier alpha value is -0.930. The van der Waals surface area contributed by atoms with Crippen molar-refractivity contribution < 1.29 is 4.74 Å². The Morgan fingerprint density at radius 2 is 2.11 bits per heavy atom. The van der Waals surface area contributed by atoms with Crippen LogP contribution in [0.3, 0.4) is 0 Å². The van der Waals surface area contributed by atoms with Crippen LogP contribution in [0.2, 0.25) is 0 Å². The van der Waals surface area contributed by atoms with E-state index in [1.807, 2.05) is 12.4 Å². The third-order valence-corrected chi connectivity index (χ3v) is 4.03. The lowest BCUT2D eigenvalue weighted by molar-refractivity contribution is 0.0305. The van der Waals surface area contributed by atoms with Gasteiger partial charge in [0.1, 0.15) is 0 Å². The fourth-order valence-electron chi connectivity index (χ4n) is 2.74. The van der Waals surface area contributed by atoms with Crippen molar-refractivity contribution in [1.82, 2.24) is 9.88 Å². The van der Waals surface area contributed by atoms with Crippen LogP contribution in [0.15, 0.2) is 18.5 Å². The Morgan fingerprint density at radius 3 is 2.78 bits per heavy atom. The SMILES string of the molecule is CC(C)OCC1(CN2Cc3ccncc3C2)CC1. The van der Waals surface area contributed by atoms with Crippen molar-refractivity contribution in [3.8, 4) is 0 Å². The Bertz CT molecular complexity index is 401. The molecule has 1 saturated carbocycles. The first-order chi connectivity index (χ1) is 8.67. The zero-order valence-corrected chi connectivity index (χ0v) is 11.4. The fraction of sp³-hybridized carbons (Fsp3) is 0.667. The van der Waals surface area contributed by atoms with Gasteiger partial charge in [-0.3, -0.25) is 9.88 Å². The molecular formula is C15H22N2O. The third-order valence-electron chi connectivity index (χ3n) is 4.03. The molecule has 1 aromatic heterocycles. The molecule has 1 fully saturated rings. The number of hydrogen-bond donors (Lipinski definition) is 0. The van der Waals surface area contributed by atoms with Crippen molar-refractivity contribution in [3.63, 3.8) is 0 Å². The summed E-state index contributed by atoms with van der Waals surface area (Å²) >= 11 is 0. The van der Waals surface area contributed by atoms with Crippen LogP contribution in [0.5, 0.6) is 0 Å². The highest BCUT2D eigenvalue weighted by Crippen LogP contribution is 2.47. The van der Waals surface area contributed by atoms with E-state index in [4.69, 9.17) is 4.74 Å². The lowest BCUT2D eigenvalue weighted by Crippen LogP contribution is -2.29. The van der Waals surface area contributed by atoms with Gasteiger partial charge in [0.2, 0.25) is 0 Å². The smallest absolute Gasteiger partial charge is 0.0538 e. The van der Waals surface area contributed by atoms with Gasteiger partial charge in [-0.05, 0) is 43.9 Å². The zero-order valence-electron chi connectivity index (χ0n) is 11.4. The highest BCUT2D eigenvalue weighted by molar-refractivity contribution is 5.27. The van der Waals surface area contributed by atoms with Gasteiger partial charge in [0, 0.05) is 37.4 Å². The summed E-state index contributed by atoms with van der Waals surface area (Å²) < 4.78 is 5.82. The molecule has 0 unspecified atom stereocenters. The molecule has 2 aliphatic rings. The van der Waals surface area contributed by atoms with Gasteiger partial charge < -0.3 is 4.74 Å². The summed E-state index contributed by atoms with van der Waals surface area (Å²) in [7, 11) is 0. The molecule has 1 aromatic rings. The van der Waals surface area contributed by atoms with Gasteiger partial charge >= 0.3 is 0 Å². The fourth-order valence-corrected chi connectivity index (χ4v) is 2.74. The average molecular weight is 246 g/mol. The first kappa shape index (κ1) is 12.1. The molecule has 0 amide bonds. The van der Waals surface area contributed by atoms with E-state index >= 15 is 0 Å². The van der Waals surface area contributed by atoms with Crippen molar-refractivity contribution in [2.24, 2.45) is 5.41 Å². The Kier molecular flexibility index (Phi) is 3.12. The minimum atomic E-state index is 0.349. The molecule has 0 saturated heterocycles. The molecule has 0 aromatic carbocycles. The second-order valence-corrected chi connectivity index (χ2v) is 6.15. The highest BCUT2D eigenvalue weighted by atomic mass is 16.5. The summed E-state index contributed by atoms with van der Waals surface area (Å²) in [5.41, 5.74) is 3.29. The summed E-state index contributed by atoms with van der Waals surface area (Å²) in [5.74, 6) is 0. The number of ether oxygens (including phenoxy) is 1. The summed E-state index contributed by atoms with van der Waals surface area (Å²) in [5, 5.41) is 0. The van der Waals surface area contributed by atoms with Crippen molar-refractivity contribution >= 4 is 0 Å². The van der Waals surface area contributed by atoms with E-state index in [-0.39, 0.29) is 0 Å². The summed E-state index contributed by atoms with van der Waals surface area (Å²) in [6, 6.07) is 2.15. The topological polar surface area (TPSA) is 25.4 Å². The number of aromatic nitrogens is 1. The predicted octanol–water partition coefficient (Wildman–Crippen LogP) is 2.60. The Morgan fingerprint density at radius 1 is 1.33 bits per heavy atom. The lowest BCUT2D eigenvalue weighted by atomic mass is 10.1. The molecule has 3 rings (SSSR count). The summed E-state index contributed by atoms with van der Waals surface area (Å²) in [4.78, 5) is 6.76. The number of nitrogens with zero attached hydrogens (tertiary/aromatic N) is 2. The molecule has 2 heterocycles. The maximum atomic E-state index is 5.82. The monoisotopic (exact) mass is 246 g/mol. The molecule has 0 radical (unpaired) electrons. The number of hydrogen-bond acceptors (Lipinski definition) is 3. The van der Waals surface area contributed by atoms with E-state index in [2.05, 4.69) is 29.8 Å². The normalized spacial score (nSPS) is 21.3. The molecule has 18 heavy (non-hydrogen) atoms. The van der Waals surface area contributed by atoms with Gasteiger partial charge in [-0.15, -0.1) is 0 Å². The second kappa shape index (κ2) is 4.63. The standard InChI is InChI=1S/C15H22N2O/c1-12(2)18-11-15(4-5-15)10-17-8-13-3-6-16-7-14(13)9-17/h3,6-7,12H,4-5,8-11H2,1-2H3. The summed E-state index contributed by atoms with van der Waals surface area (Å²) in [6.45, 7) is 8.49. The Balaban J connectivity index is 1.56. The molecule has 1 aliphatic heterocycles. The molecule has 3 heteroatoms. The van der Waals surface area contributed by atoms with Crippen LogP contribution < -0.4 is 0 Å². The van der Waals surface area contributed by atoms with Gasteiger partial charge in [-0.25, -0.2) is 0 Å². The van der Waals surface area contributed by atoms with Crippen LogP contribution in [0.4, 0.5) is 0 Å². The van der Waals surface area contributed by atoms with Crippen LogP contribution in [0, 0.1) is 5.41 Å². The van der Waals surface area contributed by atoms with E-state index in [1.165, 1.54) is 30.5 Å². The van der Waals surface area contributed by atoms with Crippen LogP contribution in [-0.4, -0.2) is 29.1 Å². The van der Waals surface area contributed by atoms with Crippen LogP contribution >= 0.6 is 0 Å². The van der Waals surface area contributed by atoms with Crippen LogP contribution in [-0.2, 0) is 17.8 Å². The predicted molar refractivity (Wildman–Crippen MR) is 71.1 cm³/mol. The number of rotatable bonds is 5. The Labute approximate surface area is 109 Å². The molecule has 0 spiro atoms. The lowest BCUT2D eigenvalue weighted by Gasteiger charge is -2.23. The van der Waals surface area contributed by atoms with Gasteiger partial charge in [-0.2, -0.15) is 0 Å². The molecule has 98 valence electrons. The zero-order chi connectivity index (χ0) is 12.6. The molecule has 3 nitrogen and oxygen atoms in total. The van der Waals surface area contributed by atoms with Gasteiger partial charge in [0.25, 0.3) is 0 Å². The maximum Gasteiger partial charge on any atom is 0.0538 e. The van der Waals surface area contributed by atoms with Gasteiger partial charge in [-0.1, -0.05) is 0 Å². The van der Waals surface area contributed by atoms with E-state index in [0.29, 0.717) is 11.5 Å². The highest BCUT2D eigenvalue weighted by Gasteiger charge is 2.44. The van der Waals surface area contributed by atoms with Crippen LogP contribution in [0.1, 0.15) is 37.8 Å². The molecular weight excluding hydrogens is 224 g/mol. The average Bonchev–Trinajstić information content (AvgIpc) is 2.98. The molecule has 0 bridgehead atoms. The number of fused-ring (bicyclic) bond motifs is 1. The van der Waals surface area contributed by atoms with Gasteiger partial charge in [0.15, 0.2) is 0 Å². The molecule has 0 atom stereocenters. The van der Waals surface area contributed by atoms with E-state index < -0.39 is 0 Å². The van der Waals surface area contributed by atoms with Crippen molar-refractivity contribution in [3.05, 3.63) is 29.6 Å². The first-order valence-electron chi connectivity index (χ1n) is 6.93. The van der Waals surface area contributed by atoms with E-state index in [0.717, 1.165) is 19.7 Å². The van der Waals surface area contributed by atoms with E-state index in [1.54, 1.807) is 0 Å². The van der Waals surface area contributed by atoms with Gasteiger partial charge in [0.05, 0.1) is 12.7 Å². The van der Waals surface area contributed by atoms with E-state index in [9.17, 15) is 0 Å². The first-order valence-corrected chi connectivity index (χ1v) is 6.93. The largest absolute Gasteiger partial charge is 0.378 e. The maximum absolute atomic E-state index is 5.82. The minimum absolute atomic E-state index is 0.349. The van der Waals surface area contributed by atoms with Crippen LogP contribution in [0.25, 0.3) is 0 Å². The molecule has 0 N–H and O–H groups in total. The second-order valence-electron chi connectivity index (χ2n) is 6.15. The van der Waals surface area contributed by atoms with Crippen molar-refractivity contribution in [1.29, 1.82) is 0 Å². The third kappa shape index (κ3) is 2.57. The number of pyridine rings is 1. The van der Waals surface area contributed by atoms with Crippen molar-refractivity contribution in [2.45, 2.75) is 45.9 Å². The summed E-state index contributed by atoms with van der Waals surface area (Å²) in [6.07, 6.45) is 6.91. The quantitative estimate of drug-likeness (QED) is 0.798.